The van der Waals surface area contributed by atoms with Crippen molar-refractivity contribution in [2.45, 2.75) is 0 Å². The van der Waals surface area contributed by atoms with Crippen LogP contribution in [0.1, 0.15) is 15.9 Å². The Morgan fingerprint density at radius 3 is 2.29 bits per heavy atom. The fourth-order valence-corrected chi connectivity index (χ4v) is 4.29. The van der Waals surface area contributed by atoms with Crippen LogP contribution in [0.3, 0.4) is 0 Å². The van der Waals surface area contributed by atoms with Gasteiger partial charge < -0.3 is 5.11 Å². The van der Waals surface area contributed by atoms with Gasteiger partial charge in [0.25, 0.3) is 5.91 Å². The first-order valence-corrected chi connectivity index (χ1v) is 10.6. The smallest absolute Gasteiger partial charge is 0.335 e. The number of rotatable bonds is 4. The van der Waals surface area contributed by atoms with Gasteiger partial charge in [0.05, 0.1) is 21.8 Å². The van der Waals surface area contributed by atoms with E-state index in [0.29, 0.717) is 37.1 Å². The third-order valence-corrected chi connectivity index (χ3v) is 5.80. The van der Waals surface area contributed by atoms with Gasteiger partial charge in [0, 0.05) is 10.0 Å². The van der Waals surface area contributed by atoms with Crippen LogP contribution in [-0.2, 0) is 4.79 Å². The van der Waals surface area contributed by atoms with Gasteiger partial charge in [0.2, 0.25) is 0 Å². The van der Waals surface area contributed by atoms with E-state index in [-0.39, 0.29) is 11.5 Å². The number of anilines is 1. The standard InChI is InChI=1S/C23H14Cl2N2O3S/c24-16-3-1-5-18(12-16)26-23-27(19-6-2-4-17(25)13-19)21(28)20(31-23)11-14-7-9-15(10-8-14)22(29)30/h1-13H,(H,29,30)/b20-11-,26-23?. The van der Waals surface area contributed by atoms with E-state index in [9.17, 15) is 9.59 Å². The molecule has 4 rings (SSSR count). The number of amidine groups is 1. The molecule has 0 unspecified atom stereocenters. The van der Waals surface area contributed by atoms with Gasteiger partial charge in [-0.1, -0.05) is 47.5 Å². The van der Waals surface area contributed by atoms with Crippen LogP contribution in [0.15, 0.2) is 82.7 Å². The maximum Gasteiger partial charge on any atom is 0.335 e. The molecule has 1 fully saturated rings. The second-order valence-electron chi connectivity index (χ2n) is 6.53. The van der Waals surface area contributed by atoms with Crippen LogP contribution < -0.4 is 4.90 Å². The number of aliphatic imine (C=N–C) groups is 1. The number of thioether (sulfide) groups is 1. The molecule has 1 aliphatic heterocycles. The van der Waals surface area contributed by atoms with E-state index in [2.05, 4.69) is 4.99 Å². The second kappa shape index (κ2) is 8.98. The maximum absolute atomic E-state index is 13.3. The molecule has 5 nitrogen and oxygen atoms in total. The molecule has 1 amide bonds. The summed E-state index contributed by atoms with van der Waals surface area (Å²) in [5, 5.41) is 10.6. The molecule has 154 valence electrons. The van der Waals surface area contributed by atoms with E-state index in [1.807, 2.05) is 0 Å². The zero-order valence-corrected chi connectivity index (χ0v) is 18.2. The summed E-state index contributed by atoms with van der Waals surface area (Å²) in [5.74, 6) is -1.26. The average Bonchev–Trinajstić information content (AvgIpc) is 3.03. The Kier molecular flexibility index (Phi) is 6.13. The summed E-state index contributed by atoms with van der Waals surface area (Å²) in [6.07, 6.45) is 1.71. The Bertz CT molecular complexity index is 1240. The SMILES string of the molecule is O=C(O)c1ccc(/C=C2\SC(=Nc3cccc(Cl)c3)N(c3cccc(Cl)c3)C2=O)cc1. The number of aromatic carboxylic acids is 1. The minimum Gasteiger partial charge on any atom is -0.478 e. The molecule has 0 saturated carbocycles. The molecule has 0 atom stereocenters. The van der Waals surface area contributed by atoms with Crippen molar-refractivity contribution in [3.63, 3.8) is 0 Å². The molecule has 1 saturated heterocycles. The average molecular weight is 469 g/mol. The molecule has 1 heterocycles. The topological polar surface area (TPSA) is 70.0 Å². The molecule has 0 aromatic heterocycles. The summed E-state index contributed by atoms with van der Waals surface area (Å²) < 4.78 is 0. The number of carboxylic acids is 1. The monoisotopic (exact) mass is 468 g/mol. The number of halogens is 2. The van der Waals surface area contributed by atoms with Gasteiger partial charge in [-0.3, -0.25) is 9.69 Å². The molecule has 0 aliphatic carbocycles. The number of nitrogens with zero attached hydrogens (tertiary/aromatic N) is 2. The lowest BCUT2D eigenvalue weighted by molar-refractivity contribution is -0.113. The van der Waals surface area contributed by atoms with Crippen LogP contribution in [0.2, 0.25) is 10.0 Å². The van der Waals surface area contributed by atoms with Crippen molar-refractivity contribution < 1.29 is 14.7 Å². The quantitative estimate of drug-likeness (QED) is 0.443. The minimum absolute atomic E-state index is 0.177. The number of hydrogen-bond acceptors (Lipinski definition) is 4. The Hall–Kier alpha value is -3.06. The summed E-state index contributed by atoms with van der Waals surface area (Å²) in [4.78, 5) is 30.9. The maximum atomic E-state index is 13.3. The van der Waals surface area contributed by atoms with Crippen molar-refractivity contribution in [3.05, 3.63) is 98.9 Å². The predicted molar refractivity (Wildman–Crippen MR) is 126 cm³/mol. The lowest BCUT2D eigenvalue weighted by Gasteiger charge is -2.16. The Morgan fingerprint density at radius 2 is 1.65 bits per heavy atom. The van der Waals surface area contributed by atoms with Gasteiger partial charge in [-0.2, -0.15) is 0 Å². The lowest BCUT2D eigenvalue weighted by atomic mass is 10.1. The van der Waals surface area contributed by atoms with Crippen molar-refractivity contribution in [2.24, 2.45) is 4.99 Å². The van der Waals surface area contributed by atoms with Crippen molar-refractivity contribution in [1.82, 2.24) is 0 Å². The highest BCUT2D eigenvalue weighted by Crippen LogP contribution is 2.38. The predicted octanol–water partition coefficient (Wildman–Crippen LogP) is 6.50. The molecule has 0 spiro atoms. The first kappa shape index (κ1) is 21.2. The second-order valence-corrected chi connectivity index (χ2v) is 8.41. The van der Waals surface area contributed by atoms with Crippen molar-refractivity contribution in [3.8, 4) is 0 Å². The molecule has 31 heavy (non-hydrogen) atoms. The summed E-state index contributed by atoms with van der Waals surface area (Å²) in [6, 6.07) is 20.3. The van der Waals surface area contributed by atoms with Gasteiger partial charge in [-0.25, -0.2) is 9.79 Å². The molecule has 0 radical (unpaired) electrons. The number of carboxylic acid groups (broad SMARTS) is 1. The van der Waals surface area contributed by atoms with Crippen LogP contribution in [0.4, 0.5) is 11.4 Å². The summed E-state index contributed by atoms with van der Waals surface area (Å²) >= 11 is 13.4. The fourth-order valence-electron chi connectivity index (χ4n) is 2.92. The summed E-state index contributed by atoms with van der Waals surface area (Å²) in [7, 11) is 0. The van der Waals surface area contributed by atoms with Crippen LogP contribution >= 0.6 is 35.0 Å². The fraction of sp³-hybridized carbons (Fsp3) is 0. The largest absolute Gasteiger partial charge is 0.478 e. The zero-order valence-electron chi connectivity index (χ0n) is 15.8. The van der Waals surface area contributed by atoms with E-state index in [1.54, 1.807) is 66.7 Å². The zero-order chi connectivity index (χ0) is 22.0. The van der Waals surface area contributed by atoms with Crippen LogP contribution in [0.5, 0.6) is 0 Å². The normalized spacial score (nSPS) is 16.3. The molecule has 1 N–H and O–H groups in total. The third-order valence-electron chi connectivity index (χ3n) is 4.36. The molecular formula is C23H14Cl2N2O3S. The van der Waals surface area contributed by atoms with Crippen LogP contribution in [-0.4, -0.2) is 22.2 Å². The number of carbonyl (C=O) groups is 2. The Balaban J connectivity index is 1.75. The highest BCUT2D eigenvalue weighted by molar-refractivity contribution is 8.19. The number of benzene rings is 3. The van der Waals surface area contributed by atoms with Gasteiger partial charge >= 0.3 is 5.97 Å². The number of carbonyl (C=O) groups excluding carboxylic acids is 1. The van der Waals surface area contributed by atoms with E-state index < -0.39 is 5.97 Å². The van der Waals surface area contributed by atoms with E-state index in [1.165, 1.54) is 28.8 Å². The lowest BCUT2D eigenvalue weighted by Crippen LogP contribution is -2.28. The minimum atomic E-state index is -1.01. The molecular weight excluding hydrogens is 455 g/mol. The van der Waals surface area contributed by atoms with Crippen molar-refractivity contribution >= 4 is 69.5 Å². The van der Waals surface area contributed by atoms with E-state index in [0.717, 1.165) is 0 Å². The molecule has 8 heteroatoms. The highest BCUT2D eigenvalue weighted by atomic mass is 35.5. The highest BCUT2D eigenvalue weighted by Gasteiger charge is 2.34. The molecule has 0 bridgehead atoms. The van der Waals surface area contributed by atoms with E-state index in [4.69, 9.17) is 28.3 Å². The summed E-state index contributed by atoms with van der Waals surface area (Å²) in [5.41, 5.74) is 2.09. The van der Waals surface area contributed by atoms with Gasteiger partial charge in [-0.05, 0) is 71.9 Å². The first-order valence-electron chi connectivity index (χ1n) is 9.08. The third kappa shape index (κ3) is 4.82. The van der Waals surface area contributed by atoms with Gasteiger partial charge in [0.1, 0.15) is 0 Å². The Labute approximate surface area is 192 Å². The van der Waals surface area contributed by atoms with Crippen LogP contribution in [0, 0.1) is 0 Å². The first-order chi connectivity index (χ1) is 14.9. The van der Waals surface area contributed by atoms with Gasteiger partial charge in [0.15, 0.2) is 5.17 Å². The van der Waals surface area contributed by atoms with Crippen LogP contribution in [0.25, 0.3) is 6.08 Å². The number of hydrogen-bond donors (Lipinski definition) is 1. The van der Waals surface area contributed by atoms with Crippen molar-refractivity contribution in [2.75, 3.05) is 4.90 Å². The van der Waals surface area contributed by atoms with Crippen molar-refractivity contribution in [1.29, 1.82) is 0 Å². The summed E-state index contributed by atoms with van der Waals surface area (Å²) in [6.45, 7) is 0. The molecule has 3 aromatic rings. The molecule has 1 aliphatic rings. The molecule has 3 aromatic carbocycles. The van der Waals surface area contributed by atoms with Gasteiger partial charge in [-0.15, -0.1) is 0 Å². The number of amides is 1. The van der Waals surface area contributed by atoms with E-state index >= 15 is 0 Å². The Morgan fingerprint density at radius 1 is 0.968 bits per heavy atom.